The second-order valence-electron chi connectivity index (χ2n) is 15.9. The zero-order chi connectivity index (χ0) is 45.2. The number of pyridine rings is 2. The number of amides is 3. The minimum atomic E-state index is -0.606. The van der Waals surface area contributed by atoms with E-state index in [0.29, 0.717) is 61.8 Å². The first kappa shape index (κ1) is 46.3. The normalized spacial score (nSPS) is 17.9. The third-order valence-corrected chi connectivity index (χ3v) is 11.1. The van der Waals surface area contributed by atoms with Crippen LogP contribution in [0, 0.1) is 64.2 Å². The van der Waals surface area contributed by atoms with Gasteiger partial charge in [0.1, 0.15) is 42.5 Å². The quantitative estimate of drug-likeness (QED) is 0.155. The zero-order valence-electron chi connectivity index (χ0n) is 37.1. The van der Waals surface area contributed by atoms with E-state index in [-0.39, 0.29) is 30.5 Å². The molecule has 0 aliphatic carbocycles. The number of benzene rings is 2. The number of hydrogen-bond donors (Lipinski definition) is 2. The van der Waals surface area contributed by atoms with E-state index in [1.807, 2.05) is 126 Å². The molecule has 4 atom stereocenters. The maximum Gasteiger partial charge on any atom is 0.407 e. The Morgan fingerprint density at radius 1 is 0.790 bits per heavy atom. The van der Waals surface area contributed by atoms with E-state index in [1.54, 1.807) is 9.80 Å². The number of nitrogens with one attached hydrogen (secondary N) is 1. The van der Waals surface area contributed by atoms with Crippen molar-refractivity contribution in [2.24, 2.45) is 5.73 Å². The molecule has 2 aliphatic rings. The molecule has 4 heterocycles. The van der Waals surface area contributed by atoms with Crippen molar-refractivity contribution in [2.75, 3.05) is 52.4 Å². The fraction of sp³-hybridized carbons (Fsp3) is 0.396. The monoisotopic (exact) mass is 838 g/mol. The maximum atomic E-state index is 13.9. The van der Waals surface area contributed by atoms with E-state index in [9.17, 15) is 24.9 Å². The SMILES string of the molecule is C=CCOC(=O)N[C@H]1C[C@@H](C(=O)N(CC)c2cccc(C)c2)N(c2nc(C)cc(C)c2C#N)C1.CCN(C(=O)[C@@H]1C[C@H](N)CN1c1nc(C)cc(C)c1C#N)c1cccc(C)c1. The minimum absolute atomic E-state index is 0.00843. The number of aryl methyl sites for hydroxylation is 6. The summed E-state index contributed by atoms with van der Waals surface area (Å²) in [5.74, 6) is 0.904. The molecule has 0 spiro atoms. The molecule has 324 valence electrons. The Kier molecular flexibility index (Phi) is 15.4. The predicted octanol–water partition coefficient (Wildman–Crippen LogP) is 6.63. The molecular formula is C48H58N10O4. The number of carbonyl (C=O) groups excluding carboxylic acids is 3. The highest BCUT2D eigenvalue weighted by Crippen LogP contribution is 2.33. The maximum absolute atomic E-state index is 13.9. The minimum Gasteiger partial charge on any atom is -0.445 e. The van der Waals surface area contributed by atoms with Gasteiger partial charge in [-0.15, -0.1) is 0 Å². The zero-order valence-corrected chi connectivity index (χ0v) is 37.1. The summed E-state index contributed by atoms with van der Waals surface area (Å²) in [6, 6.07) is 22.4. The number of nitrogens with zero attached hydrogens (tertiary/aromatic N) is 8. The van der Waals surface area contributed by atoms with E-state index in [0.717, 1.165) is 45.0 Å². The van der Waals surface area contributed by atoms with Crippen molar-refractivity contribution in [1.82, 2.24) is 15.3 Å². The van der Waals surface area contributed by atoms with Gasteiger partial charge in [0.2, 0.25) is 11.8 Å². The lowest BCUT2D eigenvalue weighted by Crippen LogP contribution is -2.46. The van der Waals surface area contributed by atoms with Gasteiger partial charge in [-0.05, 0) is 127 Å². The van der Waals surface area contributed by atoms with Crippen LogP contribution in [-0.4, -0.2) is 84.8 Å². The largest absolute Gasteiger partial charge is 0.445 e. The van der Waals surface area contributed by atoms with E-state index in [2.05, 4.69) is 34.0 Å². The van der Waals surface area contributed by atoms with Crippen molar-refractivity contribution in [3.8, 4) is 12.1 Å². The molecule has 3 N–H and O–H groups in total. The van der Waals surface area contributed by atoms with Crippen LogP contribution < -0.4 is 30.7 Å². The van der Waals surface area contributed by atoms with Crippen LogP contribution in [0.15, 0.2) is 73.3 Å². The van der Waals surface area contributed by atoms with Gasteiger partial charge in [-0.3, -0.25) is 9.59 Å². The number of alkyl carbamates (subject to hydrolysis) is 1. The van der Waals surface area contributed by atoms with Crippen molar-refractivity contribution in [3.63, 3.8) is 0 Å². The highest BCUT2D eigenvalue weighted by Gasteiger charge is 2.42. The lowest BCUT2D eigenvalue weighted by molar-refractivity contribution is -0.120. The number of ether oxygens (including phenoxy) is 1. The molecule has 4 aromatic rings. The number of hydrogen-bond acceptors (Lipinski definition) is 11. The van der Waals surface area contributed by atoms with Crippen molar-refractivity contribution < 1.29 is 19.1 Å². The number of likely N-dealkylation sites (N-methyl/N-ethyl adjacent to an activating group) is 2. The standard InChI is InChI=1S/C26H31N5O3.C22H27N5O/c1-6-11-34-26(33)29-20-14-23(25(32)30(7-2)21-10-8-9-17(3)12-21)31(16-20)24-22(15-27)18(4)13-19(5)28-24;1-5-26(18-8-6-7-14(2)9-18)22(28)20-11-17(24)13-27(20)21-19(12-23)15(3)10-16(4)25-21/h6,8-10,12-13,20,23H,1,7,11,14,16H2,2-5H3,(H,29,33);6-10,17,20H,5,11,13,24H2,1-4H3/t20-,23-;17-,20-/m00/s1. The summed E-state index contributed by atoms with van der Waals surface area (Å²) < 4.78 is 5.07. The molecule has 2 fully saturated rings. The van der Waals surface area contributed by atoms with Crippen LogP contribution in [0.1, 0.15) is 71.5 Å². The van der Waals surface area contributed by atoms with Gasteiger partial charge in [0.25, 0.3) is 0 Å². The van der Waals surface area contributed by atoms with Crippen LogP contribution in [0.2, 0.25) is 0 Å². The molecule has 2 aromatic heterocycles. The van der Waals surface area contributed by atoms with E-state index in [4.69, 9.17) is 10.5 Å². The Hall–Kier alpha value is -6.77. The Balaban J connectivity index is 0.000000238. The first-order valence-electron chi connectivity index (χ1n) is 21.0. The lowest BCUT2D eigenvalue weighted by atomic mass is 10.1. The van der Waals surface area contributed by atoms with Gasteiger partial charge < -0.3 is 35.4 Å². The smallest absolute Gasteiger partial charge is 0.407 e. The Morgan fingerprint density at radius 3 is 1.69 bits per heavy atom. The molecule has 2 aromatic carbocycles. The summed E-state index contributed by atoms with van der Waals surface area (Å²) in [6.07, 6.45) is 1.83. The number of aromatic nitrogens is 2. The lowest BCUT2D eigenvalue weighted by Gasteiger charge is -2.31. The molecule has 0 bridgehead atoms. The van der Waals surface area contributed by atoms with Gasteiger partial charge >= 0.3 is 6.09 Å². The van der Waals surface area contributed by atoms with Gasteiger partial charge in [0, 0.05) is 55.0 Å². The fourth-order valence-corrected chi connectivity index (χ4v) is 8.30. The molecule has 62 heavy (non-hydrogen) atoms. The summed E-state index contributed by atoms with van der Waals surface area (Å²) in [5.41, 5.74) is 14.3. The molecule has 0 radical (unpaired) electrons. The summed E-state index contributed by atoms with van der Waals surface area (Å²) in [7, 11) is 0. The van der Waals surface area contributed by atoms with Gasteiger partial charge in [0.05, 0.1) is 17.2 Å². The van der Waals surface area contributed by atoms with Crippen LogP contribution in [0.5, 0.6) is 0 Å². The second kappa shape index (κ2) is 20.7. The van der Waals surface area contributed by atoms with E-state index in [1.165, 1.54) is 6.08 Å². The molecule has 0 unspecified atom stereocenters. The first-order valence-corrected chi connectivity index (χ1v) is 21.0. The van der Waals surface area contributed by atoms with Crippen molar-refractivity contribution >= 4 is 40.9 Å². The van der Waals surface area contributed by atoms with Crippen LogP contribution >= 0.6 is 0 Å². The molecule has 2 aliphatic heterocycles. The molecule has 6 rings (SSSR count). The fourth-order valence-electron chi connectivity index (χ4n) is 8.30. The second-order valence-corrected chi connectivity index (χ2v) is 15.9. The average Bonchev–Trinajstić information content (AvgIpc) is 3.83. The molecule has 0 saturated carbocycles. The molecule has 2 saturated heterocycles. The number of nitriles is 2. The molecule has 14 nitrogen and oxygen atoms in total. The predicted molar refractivity (Wildman–Crippen MR) is 243 cm³/mol. The van der Waals surface area contributed by atoms with Gasteiger partial charge in [-0.1, -0.05) is 36.9 Å². The Bertz CT molecular complexity index is 2390. The number of anilines is 4. The van der Waals surface area contributed by atoms with E-state index < -0.39 is 18.2 Å². The average molecular weight is 839 g/mol. The summed E-state index contributed by atoms with van der Waals surface area (Å²) in [6.45, 7) is 20.9. The topological polar surface area (TPSA) is 185 Å². The summed E-state index contributed by atoms with van der Waals surface area (Å²) in [5, 5.41) is 22.3. The van der Waals surface area contributed by atoms with Crippen molar-refractivity contribution in [1.29, 1.82) is 10.5 Å². The molecule has 14 heteroatoms. The first-order chi connectivity index (χ1) is 29.6. The Morgan fingerprint density at radius 2 is 1.26 bits per heavy atom. The highest BCUT2D eigenvalue weighted by atomic mass is 16.5. The number of carbonyl (C=O) groups is 3. The molecular weight excluding hydrogens is 781 g/mol. The molecule has 3 amide bonds. The summed E-state index contributed by atoms with van der Waals surface area (Å²) in [4.78, 5) is 56.1. The third-order valence-electron chi connectivity index (χ3n) is 11.1. The van der Waals surface area contributed by atoms with Gasteiger partial charge in [-0.25, -0.2) is 14.8 Å². The van der Waals surface area contributed by atoms with E-state index >= 15 is 0 Å². The van der Waals surface area contributed by atoms with Crippen LogP contribution in [-0.2, 0) is 14.3 Å². The van der Waals surface area contributed by atoms with Crippen molar-refractivity contribution in [3.05, 3.63) is 118 Å². The van der Waals surface area contributed by atoms with Crippen molar-refractivity contribution in [2.45, 2.75) is 92.4 Å². The summed E-state index contributed by atoms with van der Waals surface area (Å²) >= 11 is 0. The van der Waals surface area contributed by atoms with Crippen LogP contribution in [0.3, 0.4) is 0 Å². The van der Waals surface area contributed by atoms with Crippen LogP contribution in [0.25, 0.3) is 0 Å². The van der Waals surface area contributed by atoms with Crippen LogP contribution in [0.4, 0.5) is 27.8 Å². The van der Waals surface area contributed by atoms with Gasteiger partial charge in [-0.2, -0.15) is 10.5 Å². The third kappa shape index (κ3) is 10.6. The highest BCUT2D eigenvalue weighted by molar-refractivity contribution is 6.00. The van der Waals surface area contributed by atoms with Gasteiger partial charge in [0.15, 0.2) is 0 Å². The number of nitrogens with two attached hydrogens (primary N) is 1. The number of rotatable bonds is 11. The Labute approximate surface area is 365 Å².